The minimum Gasteiger partial charge on any atom is -0.490 e. The summed E-state index contributed by atoms with van der Waals surface area (Å²) in [5.74, 6) is -1.83. The summed E-state index contributed by atoms with van der Waals surface area (Å²) in [5, 5.41) is 9.25. The molecule has 0 aromatic heterocycles. The van der Waals surface area contributed by atoms with Crippen LogP contribution < -0.4 is 4.74 Å². The van der Waals surface area contributed by atoms with Gasteiger partial charge in [0.1, 0.15) is 17.4 Å². The van der Waals surface area contributed by atoms with E-state index in [1.807, 2.05) is 0 Å². The lowest BCUT2D eigenvalue weighted by Gasteiger charge is -2.19. The molecule has 1 fully saturated rings. The number of carboxylic acids is 1. The van der Waals surface area contributed by atoms with Gasteiger partial charge < -0.3 is 9.84 Å². The topological polar surface area (TPSA) is 46.5 Å². The second-order valence-electron chi connectivity index (χ2n) is 7.66. The van der Waals surface area contributed by atoms with E-state index in [9.17, 15) is 18.7 Å². The van der Waals surface area contributed by atoms with E-state index >= 15 is 0 Å². The SMILES string of the molecule is O=C(O)CC(c1ccc(OC2CC3C=CC=CC3C2)cc1)c1c(F)cccc1F. The van der Waals surface area contributed by atoms with E-state index in [2.05, 4.69) is 24.3 Å². The Morgan fingerprint density at radius 1 is 1.00 bits per heavy atom. The van der Waals surface area contributed by atoms with Gasteiger partial charge in [-0.3, -0.25) is 4.79 Å². The Morgan fingerprint density at radius 2 is 1.59 bits per heavy atom. The van der Waals surface area contributed by atoms with Crippen molar-refractivity contribution in [3.05, 3.63) is 89.5 Å². The van der Waals surface area contributed by atoms with Gasteiger partial charge in [0.05, 0.1) is 12.5 Å². The van der Waals surface area contributed by atoms with Gasteiger partial charge in [-0.05, 0) is 54.5 Å². The Kier molecular flexibility index (Phi) is 5.47. The molecule has 2 aliphatic carbocycles. The highest BCUT2D eigenvalue weighted by atomic mass is 19.1. The Balaban J connectivity index is 1.52. The maximum absolute atomic E-state index is 14.3. The van der Waals surface area contributed by atoms with Gasteiger partial charge in [-0.15, -0.1) is 0 Å². The standard InChI is InChI=1S/C24H22F2O3/c25-21-6-3-7-22(26)24(21)20(14-23(27)28)15-8-10-18(11-9-15)29-19-12-16-4-1-2-5-17(16)13-19/h1-11,16-17,19-20H,12-14H2,(H,27,28). The molecule has 3 unspecified atom stereocenters. The Morgan fingerprint density at radius 3 is 2.14 bits per heavy atom. The summed E-state index contributed by atoms with van der Waals surface area (Å²) in [6.45, 7) is 0. The van der Waals surface area contributed by atoms with E-state index in [4.69, 9.17) is 4.74 Å². The summed E-state index contributed by atoms with van der Waals surface area (Å²) >= 11 is 0. The quantitative estimate of drug-likeness (QED) is 0.704. The number of halogens is 2. The lowest BCUT2D eigenvalue weighted by atomic mass is 9.88. The number of hydrogen-bond acceptors (Lipinski definition) is 2. The summed E-state index contributed by atoms with van der Waals surface area (Å²) in [5.41, 5.74) is 0.316. The molecule has 5 heteroatoms. The molecule has 150 valence electrons. The molecule has 4 rings (SSSR count). The van der Waals surface area contributed by atoms with Crippen LogP contribution in [0.3, 0.4) is 0 Å². The minimum atomic E-state index is -1.12. The highest BCUT2D eigenvalue weighted by molar-refractivity contribution is 5.69. The molecule has 2 aliphatic rings. The van der Waals surface area contributed by atoms with Crippen LogP contribution in [0.2, 0.25) is 0 Å². The van der Waals surface area contributed by atoms with Crippen LogP contribution in [0, 0.1) is 23.5 Å². The number of ether oxygens (including phenoxy) is 1. The Labute approximate surface area is 168 Å². The van der Waals surface area contributed by atoms with Gasteiger partial charge in [0.15, 0.2) is 0 Å². The average molecular weight is 396 g/mol. The predicted octanol–water partition coefficient (Wildman–Crippen LogP) is 5.47. The number of carbonyl (C=O) groups is 1. The number of allylic oxidation sites excluding steroid dienone is 4. The minimum absolute atomic E-state index is 0.113. The second kappa shape index (κ2) is 8.19. The molecule has 0 saturated heterocycles. The molecule has 29 heavy (non-hydrogen) atoms. The van der Waals surface area contributed by atoms with Crippen molar-refractivity contribution in [2.45, 2.75) is 31.3 Å². The lowest BCUT2D eigenvalue weighted by Crippen LogP contribution is -2.13. The van der Waals surface area contributed by atoms with E-state index in [1.165, 1.54) is 6.07 Å². The first-order valence-corrected chi connectivity index (χ1v) is 9.78. The number of benzene rings is 2. The first kappa shape index (κ1) is 19.4. The maximum atomic E-state index is 14.3. The normalized spacial score (nSPS) is 23.6. The molecule has 0 amide bonds. The first-order valence-electron chi connectivity index (χ1n) is 9.78. The largest absolute Gasteiger partial charge is 0.490 e. The van der Waals surface area contributed by atoms with E-state index in [1.54, 1.807) is 24.3 Å². The van der Waals surface area contributed by atoms with E-state index in [0.717, 1.165) is 25.0 Å². The van der Waals surface area contributed by atoms with E-state index < -0.39 is 29.9 Å². The number of rotatable bonds is 6. The zero-order chi connectivity index (χ0) is 20.4. The summed E-state index contributed by atoms with van der Waals surface area (Å²) < 4.78 is 34.6. The fourth-order valence-electron chi connectivity index (χ4n) is 4.38. The molecule has 1 saturated carbocycles. The van der Waals surface area contributed by atoms with Crippen LogP contribution in [0.1, 0.15) is 36.3 Å². The van der Waals surface area contributed by atoms with E-state index in [0.29, 0.717) is 23.1 Å². The molecule has 0 spiro atoms. The number of hydrogen-bond donors (Lipinski definition) is 1. The Bertz CT molecular complexity index is 909. The maximum Gasteiger partial charge on any atom is 0.304 e. The van der Waals surface area contributed by atoms with Crippen LogP contribution in [-0.4, -0.2) is 17.2 Å². The first-order chi connectivity index (χ1) is 14.0. The summed E-state index contributed by atoms with van der Waals surface area (Å²) in [6.07, 6.45) is 10.2. The van der Waals surface area contributed by atoms with E-state index in [-0.39, 0.29) is 11.7 Å². The molecule has 3 atom stereocenters. The molecule has 1 N–H and O–H groups in total. The van der Waals surface area contributed by atoms with Gasteiger partial charge in [0.25, 0.3) is 0 Å². The highest BCUT2D eigenvalue weighted by Crippen LogP contribution is 2.38. The van der Waals surface area contributed by atoms with Crippen LogP contribution in [0.4, 0.5) is 8.78 Å². The number of carboxylic acid groups (broad SMARTS) is 1. The molecule has 2 aromatic rings. The van der Waals surface area contributed by atoms with Crippen LogP contribution in [0.15, 0.2) is 66.8 Å². The molecule has 3 nitrogen and oxygen atoms in total. The van der Waals surface area contributed by atoms with Gasteiger partial charge in [-0.2, -0.15) is 0 Å². The molecular weight excluding hydrogens is 374 g/mol. The van der Waals surface area contributed by atoms with Crippen molar-refractivity contribution in [2.75, 3.05) is 0 Å². The molecule has 0 aliphatic heterocycles. The number of fused-ring (bicyclic) bond motifs is 1. The van der Waals surface area contributed by atoms with Crippen molar-refractivity contribution in [2.24, 2.45) is 11.8 Å². The third kappa shape index (κ3) is 4.24. The van der Waals surface area contributed by atoms with Gasteiger partial charge in [-0.1, -0.05) is 42.5 Å². The zero-order valence-electron chi connectivity index (χ0n) is 15.8. The summed E-state index contributed by atoms with van der Waals surface area (Å²) in [7, 11) is 0. The van der Waals surface area contributed by atoms with Gasteiger partial charge in [0, 0.05) is 11.5 Å². The molecule has 0 bridgehead atoms. The van der Waals surface area contributed by atoms with Gasteiger partial charge in [-0.25, -0.2) is 8.78 Å². The van der Waals surface area contributed by atoms with Crippen LogP contribution >= 0.6 is 0 Å². The molecular formula is C24H22F2O3. The molecule has 0 heterocycles. The zero-order valence-corrected chi connectivity index (χ0v) is 15.8. The summed E-state index contributed by atoms with van der Waals surface area (Å²) in [4.78, 5) is 11.3. The van der Waals surface area contributed by atoms with Crippen molar-refractivity contribution in [3.63, 3.8) is 0 Å². The molecule has 2 aromatic carbocycles. The van der Waals surface area contributed by atoms with Crippen LogP contribution in [-0.2, 0) is 4.79 Å². The third-order valence-electron chi connectivity index (χ3n) is 5.76. The van der Waals surface area contributed by atoms with Crippen molar-refractivity contribution in [3.8, 4) is 5.75 Å². The van der Waals surface area contributed by atoms with Crippen molar-refractivity contribution < 1.29 is 23.4 Å². The Hall–Kier alpha value is -2.95. The predicted molar refractivity (Wildman–Crippen MR) is 106 cm³/mol. The number of aliphatic carboxylic acids is 1. The fourth-order valence-corrected chi connectivity index (χ4v) is 4.38. The monoisotopic (exact) mass is 396 g/mol. The van der Waals surface area contributed by atoms with Crippen LogP contribution in [0.5, 0.6) is 5.75 Å². The van der Waals surface area contributed by atoms with Crippen molar-refractivity contribution in [1.82, 2.24) is 0 Å². The average Bonchev–Trinajstić information content (AvgIpc) is 3.09. The second-order valence-corrected chi connectivity index (χ2v) is 7.66. The van der Waals surface area contributed by atoms with Crippen molar-refractivity contribution in [1.29, 1.82) is 0 Å². The van der Waals surface area contributed by atoms with Gasteiger partial charge in [0.2, 0.25) is 0 Å². The van der Waals surface area contributed by atoms with Crippen LogP contribution in [0.25, 0.3) is 0 Å². The smallest absolute Gasteiger partial charge is 0.304 e. The van der Waals surface area contributed by atoms with Crippen molar-refractivity contribution >= 4 is 5.97 Å². The lowest BCUT2D eigenvalue weighted by molar-refractivity contribution is -0.137. The third-order valence-corrected chi connectivity index (χ3v) is 5.76. The fraction of sp³-hybridized carbons (Fsp3) is 0.292. The summed E-state index contributed by atoms with van der Waals surface area (Å²) in [6, 6.07) is 10.4. The highest BCUT2D eigenvalue weighted by Gasteiger charge is 2.33. The molecule has 0 radical (unpaired) electrons. The van der Waals surface area contributed by atoms with Gasteiger partial charge >= 0.3 is 5.97 Å².